The van der Waals surface area contributed by atoms with Crippen LogP contribution >= 0.6 is 0 Å². The molecule has 0 spiro atoms. The Morgan fingerprint density at radius 2 is 0.450 bits per heavy atom. The molecule has 0 heterocycles. The van der Waals surface area contributed by atoms with Gasteiger partial charge in [0, 0.05) is 0 Å². The van der Waals surface area contributed by atoms with Gasteiger partial charge in [-0.15, -0.1) is 0 Å². The molecule has 0 radical (unpaired) electrons. The van der Waals surface area contributed by atoms with Gasteiger partial charge in [0.1, 0.15) is 0 Å². The summed E-state index contributed by atoms with van der Waals surface area (Å²) in [5, 5.41) is 18.8. The van der Waals surface area contributed by atoms with Crippen molar-refractivity contribution in [1.29, 1.82) is 0 Å². The normalized spacial score (nSPS) is 11.6. The number of hydrogen-bond acceptors (Lipinski definition) is 0. The Bertz CT molecular complexity index is 3990. The van der Waals surface area contributed by atoms with Gasteiger partial charge in [0.15, 0.2) is 0 Å². The van der Waals surface area contributed by atoms with Crippen molar-refractivity contribution < 1.29 is 0 Å². The van der Waals surface area contributed by atoms with Gasteiger partial charge in [-0.05, 0) is 241 Å². The largest absolute Gasteiger partial charge is 0.0616 e. The predicted molar refractivity (Wildman–Crippen MR) is 355 cm³/mol. The fourth-order valence-corrected chi connectivity index (χ4v) is 11.5. The lowest BCUT2D eigenvalue weighted by Gasteiger charge is -2.19. The van der Waals surface area contributed by atoms with E-state index in [1.165, 1.54) is 168 Å². The average Bonchev–Trinajstić information content (AvgIpc) is 3.49. The fourth-order valence-electron chi connectivity index (χ4n) is 11.5. The summed E-state index contributed by atoms with van der Waals surface area (Å²) in [6.07, 6.45) is 5.39. The van der Waals surface area contributed by atoms with Crippen molar-refractivity contribution in [2.24, 2.45) is 0 Å². The zero-order chi connectivity index (χ0) is 56.5. The smallest absolute Gasteiger partial charge is 0.0105 e. The quantitative estimate of drug-likeness (QED) is 0.105. The van der Waals surface area contributed by atoms with E-state index in [1.54, 1.807) is 11.1 Å². The second-order valence-electron chi connectivity index (χ2n) is 22.8. The van der Waals surface area contributed by atoms with E-state index >= 15 is 0 Å². The first kappa shape index (κ1) is 56.4. The van der Waals surface area contributed by atoms with Crippen LogP contribution in [0, 0.1) is 83.1 Å². The minimum absolute atomic E-state index is 1.31. The molecule has 0 unspecified atom stereocenters. The molecule has 400 valence electrons. The summed E-state index contributed by atoms with van der Waals surface area (Å²) in [7, 11) is 0. The monoisotopic (exact) mass is 1040 g/mol. The second-order valence-corrected chi connectivity index (χ2v) is 22.8. The van der Waals surface area contributed by atoms with Crippen LogP contribution in [-0.2, 0) is 12.8 Å². The van der Waals surface area contributed by atoms with Crippen LogP contribution in [0.2, 0.25) is 0 Å². The van der Waals surface area contributed by atoms with E-state index < -0.39 is 0 Å². The maximum atomic E-state index is 2.27. The third-order valence-electron chi connectivity index (χ3n) is 16.1. The van der Waals surface area contributed by atoms with Crippen LogP contribution in [0.25, 0.3) is 75.4 Å². The van der Waals surface area contributed by atoms with Crippen molar-refractivity contribution in [3.8, 4) is 0 Å². The molecule has 0 aromatic heterocycles. The Balaban J connectivity index is 0.000000117. The van der Waals surface area contributed by atoms with E-state index in [0.717, 1.165) is 0 Å². The van der Waals surface area contributed by atoms with Gasteiger partial charge in [-0.3, -0.25) is 0 Å². The van der Waals surface area contributed by atoms with Crippen molar-refractivity contribution in [2.45, 2.75) is 109 Å². The molecule has 0 N–H and O–H groups in total. The van der Waals surface area contributed by atoms with Gasteiger partial charge in [0.2, 0.25) is 0 Å². The molecular weight excluding hydrogens is 961 g/mol. The molecule has 0 fully saturated rings. The molecule has 0 heteroatoms. The number of hydrogen-bond donors (Lipinski definition) is 0. The van der Waals surface area contributed by atoms with Crippen molar-refractivity contribution in [1.82, 2.24) is 0 Å². The SMILES string of the molecule is Cc1ccc(C)c2c1CCCC2.Cc1ccc(C)c2ccccc12.Cc1ccc2c(ccc3cc(C)ccc32)c1.Cc1ccc2cc(C)ccc2c1.Cc1ccc2cc3cc(C)ccc3cc2c1.Cc1cccc2c(C)cccc12. The molecule has 13 aromatic rings. The van der Waals surface area contributed by atoms with Gasteiger partial charge in [-0.25, -0.2) is 0 Å². The Hall–Kier alpha value is -8.32. The molecule has 13 aromatic carbocycles. The van der Waals surface area contributed by atoms with Crippen molar-refractivity contribution in [2.75, 3.05) is 0 Å². The fraction of sp³-hybridized carbons (Fsp3) is 0.200. The van der Waals surface area contributed by atoms with Crippen LogP contribution in [0.3, 0.4) is 0 Å². The standard InChI is InChI=1S/2C16H14.2C12H12.C12H16.C12H12/c1-11-3-7-15-13(9-11)5-6-14-10-12(2)4-8-16(14)15;1-11-3-5-13-10-16-8-12(2)4-6-14(16)9-15(13)7-11;1-9-3-5-12-8-10(2)4-6-11(12)7-9;1-9-5-3-8-12-10(2)6-4-7-11(9)12;2*1-9-7-8-10(2)12-6-4-3-5-11(9)12/h2*3-10H,1-2H3;2*3-8H,1-2H3;7-8H,3-6H2,1-2H3;3-8H,1-2H3. The number of rotatable bonds is 0. The first-order valence-corrected chi connectivity index (χ1v) is 28.8. The van der Waals surface area contributed by atoms with E-state index in [-0.39, 0.29) is 0 Å². The van der Waals surface area contributed by atoms with Crippen LogP contribution in [0.1, 0.15) is 90.7 Å². The van der Waals surface area contributed by atoms with E-state index in [2.05, 4.69) is 301 Å². The minimum atomic E-state index is 1.31. The summed E-state index contributed by atoms with van der Waals surface area (Å²) in [6, 6.07) is 78.9. The molecule has 0 saturated heterocycles. The third-order valence-corrected chi connectivity index (χ3v) is 16.1. The van der Waals surface area contributed by atoms with E-state index in [9.17, 15) is 0 Å². The summed E-state index contributed by atoms with van der Waals surface area (Å²) in [4.78, 5) is 0. The average molecular weight is 1040 g/mol. The zero-order valence-corrected chi connectivity index (χ0v) is 49.6. The molecule has 14 rings (SSSR count). The van der Waals surface area contributed by atoms with E-state index in [4.69, 9.17) is 0 Å². The first-order valence-electron chi connectivity index (χ1n) is 28.8. The summed E-state index contributed by atoms with van der Waals surface area (Å²) in [5.74, 6) is 0. The second kappa shape index (κ2) is 25.6. The molecule has 1 aliphatic carbocycles. The van der Waals surface area contributed by atoms with Gasteiger partial charge >= 0.3 is 0 Å². The van der Waals surface area contributed by atoms with Crippen molar-refractivity contribution in [3.63, 3.8) is 0 Å². The Morgan fingerprint density at radius 3 is 0.812 bits per heavy atom. The van der Waals surface area contributed by atoms with Crippen molar-refractivity contribution in [3.05, 3.63) is 296 Å². The molecule has 0 nitrogen and oxygen atoms in total. The Labute approximate surface area is 477 Å². The van der Waals surface area contributed by atoms with Crippen LogP contribution < -0.4 is 0 Å². The summed E-state index contributed by atoms with van der Waals surface area (Å²) in [6.45, 7) is 25.9. The summed E-state index contributed by atoms with van der Waals surface area (Å²) < 4.78 is 0. The van der Waals surface area contributed by atoms with Gasteiger partial charge in [-0.1, -0.05) is 240 Å². The van der Waals surface area contributed by atoms with Gasteiger partial charge in [-0.2, -0.15) is 0 Å². The van der Waals surface area contributed by atoms with Gasteiger partial charge in [0.25, 0.3) is 0 Å². The van der Waals surface area contributed by atoms with E-state index in [1.807, 2.05) is 0 Å². The molecule has 0 bridgehead atoms. The highest BCUT2D eigenvalue weighted by Crippen LogP contribution is 2.30. The maximum absolute atomic E-state index is 2.27. The highest BCUT2D eigenvalue weighted by molar-refractivity contribution is 6.07. The van der Waals surface area contributed by atoms with Crippen LogP contribution in [0.4, 0.5) is 0 Å². The van der Waals surface area contributed by atoms with Crippen LogP contribution in [0.5, 0.6) is 0 Å². The molecule has 0 saturated carbocycles. The summed E-state index contributed by atoms with van der Waals surface area (Å²) >= 11 is 0. The zero-order valence-electron chi connectivity index (χ0n) is 49.6. The number of benzene rings is 13. The molecule has 0 aliphatic heterocycles. The first-order chi connectivity index (χ1) is 38.6. The lowest BCUT2D eigenvalue weighted by Crippen LogP contribution is -2.06. The van der Waals surface area contributed by atoms with Gasteiger partial charge < -0.3 is 0 Å². The molecule has 1 aliphatic rings. The van der Waals surface area contributed by atoms with E-state index in [0.29, 0.717) is 0 Å². The Kier molecular flexibility index (Phi) is 18.1. The molecular formula is C80H80. The molecule has 0 atom stereocenters. The van der Waals surface area contributed by atoms with Crippen LogP contribution in [0.15, 0.2) is 218 Å². The number of aryl methyl sites for hydroxylation is 12. The van der Waals surface area contributed by atoms with Gasteiger partial charge in [0.05, 0.1) is 0 Å². The Morgan fingerprint density at radius 1 is 0.188 bits per heavy atom. The van der Waals surface area contributed by atoms with Crippen LogP contribution in [-0.4, -0.2) is 0 Å². The topological polar surface area (TPSA) is 0 Å². The number of fused-ring (bicyclic) bond motifs is 9. The lowest BCUT2D eigenvalue weighted by atomic mass is 9.86. The summed E-state index contributed by atoms with van der Waals surface area (Å²) in [5.41, 5.74) is 19.6. The highest BCUT2D eigenvalue weighted by Gasteiger charge is 2.13. The lowest BCUT2D eigenvalue weighted by molar-refractivity contribution is 0.678. The third kappa shape index (κ3) is 13.7. The highest BCUT2D eigenvalue weighted by atomic mass is 14.2. The van der Waals surface area contributed by atoms with Crippen molar-refractivity contribution >= 4 is 75.4 Å². The molecule has 0 amide bonds. The minimum Gasteiger partial charge on any atom is -0.0616 e. The maximum Gasteiger partial charge on any atom is -0.0105 e. The molecule has 80 heavy (non-hydrogen) atoms. The predicted octanol–water partition coefficient (Wildman–Crippen LogP) is 22.8.